The summed E-state index contributed by atoms with van der Waals surface area (Å²) in [5, 5.41) is 0. The zero-order valence-corrected chi connectivity index (χ0v) is 11.1. The van der Waals surface area contributed by atoms with Crippen LogP contribution in [0.2, 0.25) is 0 Å². The van der Waals surface area contributed by atoms with Gasteiger partial charge < -0.3 is 10.6 Å². The molecule has 19 heavy (non-hydrogen) atoms. The van der Waals surface area contributed by atoms with E-state index in [0.29, 0.717) is 6.54 Å². The molecule has 1 aromatic rings. The van der Waals surface area contributed by atoms with Crippen LogP contribution in [0.25, 0.3) is 0 Å². The Morgan fingerprint density at radius 3 is 2.58 bits per heavy atom. The highest BCUT2D eigenvalue weighted by atomic mass is 19.1. The Labute approximate surface area is 111 Å². The molecule has 0 unspecified atom stereocenters. The predicted octanol–water partition coefficient (Wildman–Crippen LogP) is 2.81. The summed E-state index contributed by atoms with van der Waals surface area (Å²) < 4.78 is 27.6. The molecule has 1 saturated carbocycles. The molecule has 0 spiro atoms. The minimum absolute atomic E-state index is 0.107. The van der Waals surface area contributed by atoms with Gasteiger partial charge in [0.25, 0.3) is 5.91 Å². The van der Waals surface area contributed by atoms with Crippen molar-refractivity contribution in [2.45, 2.75) is 32.7 Å². The van der Waals surface area contributed by atoms with E-state index in [1.54, 1.807) is 4.90 Å². The van der Waals surface area contributed by atoms with Crippen LogP contribution in [0, 0.1) is 17.6 Å². The third-order valence-electron chi connectivity index (χ3n) is 3.15. The first-order chi connectivity index (χ1) is 8.91. The van der Waals surface area contributed by atoms with Crippen molar-refractivity contribution in [3.63, 3.8) is 0 Å². The quantitative estimate of drug-likeness (QED) is 0.853. The lowest BCUT2D eigenvalue weighted by molar-refractivity contribution is 0.0712. The van der Waals surface area contributed by atoms with E-state index in [0.717, 1.165) is 25.0 Å². The summed E-state index contributed by atoms with van der Waals surface area (Å²) in [5.41, 5.74) is 4.67. The van der Waals surface area contributed by atoms with E-state index in [9.17, 15) is 13.6 Å². The number of hydrogen-bond donors (Lipinski definition) is 1. The fourth-order valence-corrected chi connectivity index (χ4v) is 2.09. The Hall–Kier alpha value is -1.65. The maximum Gasteiger partial charge on any atom is 0.260 e. The van der Waals surface area contributed by atoms with E-state index in [1.807, 2.05) is 13.8 Å². The highest BCUT2D eigenvalue weighted by Gasteiger charge is 2.35. The first-order valence-corrected chi connectivity index (χ1v) is 6.46. The largest absolute Gasteiger partial charge is 0.396 e. The fourth-order valence-electron chi connectivity index (χ4n) is 2.09. The molecule has 0 saturated heterocycles. The number of nitrogen functional groups attached to an aromatic ring is 1. The standard InChI is InChI=1S/C14H18F2N2O/c1-8(2)7-18(9-3-4-9)14(19)12-10(15)5-6-11(17)13(12)16/h5-6,8-9H,3-4,7,17H2,1-2H3. The lowest BCUT2D eigenvalue weighted by Crippen LogP contribution is -2.37. The Bertz CT molecular complexity index is 498. The molecule has 2 N–H and O–H groups in total. The normalized spacial score (nSPS) is 14.8. The minimum atomic E-state index is -0.959. The van der Waals surface area contributed by atoms with Gasteiger partial charge in [-0.2, -0.15) is 0 Å². The van der Waals surface area contributed by atoms with Crippen molar-refractivity contribution < 1.29 is 13.6 Å². The molecule has 0 bridgehead atoms. The number of benzene rings is 1. The highest BCUT2D eigenvalue weighted by molar-refractivity contribution is 5.96. The van der Waals surface area contributed by atoms with Gasteiger partial charge in [-0.05, 0) is 30.9 Å². The SMILES string of the molecule is CC(C)CN(C(=O)c1c(F)ccc(N)c1F)C1CC1. The molecule has 0 radical (unpaired) electrons. The molecule has 1 aromatic carbocycles. The second-order valence-corrected chi connectivity index (χ2v) is 5.41. The maximum atomic E-state index is 13.9. The molecule has 2 rings (SSSR count). The monoisotopic (exact) mass is 268 g/mol. The van der Waals surface area contributed by atoms with Crippen LogP contribution in [0.3, 0.4) is 0 Å². The summed E-state index contributed by atoms with van der Waals surface area (Å²) in [6.07, 6.45) is 1.79. The van der Waals surface area contributed by atoms with E-state index < -0.39 is 23.1 Å². The first-order valence-electron chi connectivity index (χ1n) is 6.46. The van der Waals surface area contributed by atoms with Gasteiger partial charge in [0.15, 0.2) is 5.82 Å². The van der Waals surface area contributed by atoms with Gasteiger partial charge in [0, 0.05) is 12.6 Å². The highest BCUT2D eigenvalue weighted by Crippen LogP contribution is 2.30. The van der Waals surface area contributed by atoms with Crippen LogP contribution < -0.4 is 5.73 Å². The van der Waals surface area contributed by atoms with Crippen LogP contribution >= 0.6 is 0 Å². The van der Waals surface area contributed by atoms with Crippen LogP contribution in [0.1, 0.15) is 37.0 Å². The topological polar surface area (TPSA) is 46.3 Å². The van der Waals surface area contributed by atoms with Crippen LogP contribution in [-0.4, -0.2) is 23.4 Å². The predicted molar refractivity (Wildman–Crippen MR) is 69.7 cm³/mol. The van der Waals surface area contributed by atoms with E-state index in [-0.39, 0.29) is 17.6 Å². The van der Waals surface area contributed by atoms with Crippen LogP contribution in [0.4, 0.5) is 14.5 Å². The van der Waals surface area contributed by atoms with Crippen molar-refractivity contribution in [1.29, 1.82) is 0 Å². The molecule has 1 amide bonds. The first kappa shape index (κ1) is 13.8. The second-order valence-electron chi connectivity index (χ2n) is 5.41. The summed E-state index contributed by atoms with van der Waals surface area (Å²) in [5.74, 6) is -2.17. The number of carbonyl (C=O) groups excluding carboxylic acids is 1. The Morgan fingerprint density at radius 2 is 2.05 bits per heavy atom. The Kier molecular flexibility index (Phi) is 3.73. The van der Waals surface area contributed by atoms with Crippen molar-refractivity contribution in [1.82, 2.24) is 4.90 Å². The van der Waals surface area contributed by atoms with Gasteiger partial charge in [0.05, 0.1) is 5.69 Å². The molecule has 5 heteroatoms. The fraction of sp³-hybridized carbons (Fsp3) is 0.500. The number of rotatable bonds is 4. The molecule has 1 aliphatic carbocycles. The van der Waals surface area contributed by atoms with Gasteiger partial charge in [-0.3, -0.25) is 4.79 Å². The second kappa shape index (κ2) is 5.15. The molecule has 0 atom stereocenters. The van der Waals surface area contributed by atoms with E-state index >= 15 is 0 Å². The van der Waals surface area contributed by atoms with E-state index in [4.69, 9.17) is 5.73 Å². The molecule has 1 aliphatic rings. The molecule has 0 aromatic heterocycles. The minimum Gasteiger partial charge on any atom is -0.396 e. The zero-order chi connectivity index (χ0) is 14.2. The van der Waals surface area contributed by atoms with Gasteiger partial charge in [0.1, 0.15) is 11.4 Å². The number of hydrogen-bond acceptors (Lipinski definition) is 2. The van der Waals surface area contributed by atoms with Gasteiger partial charge in [-0.1, -0.05) is 13.8 Å². The van der Waals surface area contributed by atoms with Crippen molar-refractivity contribution in [2.75, 3.05) is 12.3 Å². The number of carbonyl (C=O) groups is 1. The molecular weight excluding hydrogens is 250 g/mol. The lowest BCUT2D eigenvalue weighted by atomic mass is 10.1. The van der Waals surface area contributed by atoms with Crippen LogP contribution in [0.15, 0.2) is 12.1 Å². The van der Waals surface area contributed by atoms with Crippen LogP contribution in [0.5, 0.6) is 0 Å². The summed E-state index contributed by atoms with van der Waals surface area (Å²) in [6.45, 7) is 4.43. The van der Waals surface area contributed by atoms with Crippen molar-refractivity contribution in [3.05, 3.63) is 29.3 Å². The number of halogens is 2. The average Bonchev–Trinajstić information content (AvgIpc) is 3.15. The van der Waals surface area contributed by atoms with Gasteiger partial charge in [-0.15, -0.1) is 0 Å². The third kappa shape index (κ3) is 2.85. The molecular formula is C14H18F2N2O. The number of nitrogens with two attached hydrogens (primary N) is 1. The molecule has 3 nitrogen and oxygen atoms in total. The van der Waals surface area contributed by atoms with Gasteiger partial charge in [0.2, 0.25) is 0 Å². The number of nitrogens with zero attached hydrogens (tertiary/aromatic N) is 1. The number of anilines is 1. The molecule has 0 aliphatic heterocycles. The third-order valence-corrected chi connectivity index (χ3v) is 3.15. The average molecular weight is 268 g/mol. The van der Waals surface area contributed by atoms with E-state index in [2.05, 4.69) is 0 Å². The zero-order valence-electron chi connectivity index (χ0n) is 11.1. The van der Waals surface area contributed by atoms with Crippen molar-refractivity contribution in [3.8, 4) is 0 Å². The summed E-state index contributed by atoms with van der Waals surface area (Å²) in [6, 6.07) is 2.27. The summed E-state index contributed by atoms with van der Waals surface area (Å²) in [7, 11) is 0. The van der Waals surface area contributed by atoms with E-state index in [1.165, 1.54) is 0 Å². The Morgan fingerprint density at radius 1 is 1.42 bits per heavy atom. The van der Waals surface area contributed by atoms with Crippen molar-refractivity contribution in [2.24, 2.45) is 5.92 Å². The molecule has 1 fully saturated rings. The maximum absolute atomic E-state index is 13.9. The number of amides is 1. The van der Waals surface area contributed by atoms with Gasteiger partial charge >= 0.3 is 0 Å². The molecule has 0 heterocycles. The summed E-state index contributed by atoms with van der Waals surface area (Å²) in [4.78, 5) is 13.9. The van der Waals surface area contributed by atoms with Crippen LogP contribution in [-0.2, 0) is 0 Å². The van der Waals surface area contributed by atoms with Gasteiger partial charge in [-0.25, -0.2) is 8.78 Å². The molecule has 104 valence electrons. The lowest BCUT2D eigenvalue weighted by Gasteiger charge is -2.25. The Balaban J connectivity index is 2.34. The smallest absolute Gasteiger partial charge is 0.260 e. The van der Waals surface area contributed by atoms with Crippen molar-refractivity contribution >= 4 is 11.6 Å². The summed E-state index contributed by atoms with van der Waals surface area (Å²) >= 11 is 0.